The number of aliphatic hydroxyl groups excluding tert-OH is 1. The first kappa shape index (κ1) is 20.8. The molecule has 0 heterocycles. The minimum absolute atomic E-state index is 0.0391. The third-order valence-corrected chi connectivity index (χ3v) is 3.57. The molecule has 0 fully saturated rings. The van der Waals surface area contributed by atoms with Crippen LogP contribution in [-0.4, -0.2) is 62.9 Å². The van der Waals surface area contributed by atoms with Gasteiger partial charge in [-0.1, -0.05) is 5.11 Å². The third-order valence-electron chi connectivity index (χ3n) is 3.57. The first-order chi connectivity index (χ1) is 10.9. The van der Waals surface area contributed by atoms with Gasteiger partial charge in [0.25, 0.3) is 0 Å². The molecule has 0 aliphatic heterocycles. The van der Waals surface area contributed by atoms with E-state index in [-0.39, 0.29) is 25.8 Å². The molecule has 0 aliphatic carbocycles. The van der Waals surface area contributed by atoms with Crippen LogP contribution in [0.3, 0.4) is 0 Å². The molecule has 0 aliphatic rings. The summed E-state index contributed by atoms with van der Waals surface area (Å²) in [6.07, 6.45) is -0.546. The maximum absolute atomic E-state index is 12.1. The van der Waals surface area contributed by atoms with E-state index >= 15 is 0 Å². The van der Waals surface area contributed by atoms with Gasteiger partial charge in [0.1, 0.15) is 6.61 Å². The number of ether oxygens (including phenoxy) is 3. The van der Waals surface area contributed by atoms with Crippen molar-refractivity contribution in [3.63, 3.8) is 0 Å². The van der Waals surface area contributed by atoms with Crippen LogP contribution < -0.4 is 0 Å². The number of hydrogen-bond acceptors (Lipinski definition) is 8. The molecule has 0 radical (unpaired) electrons. The van der Waals surface area contributed by atoms with Crippen molar-refractivity contribution in [1.82, 2.24) is 0 Å². The van der Waals surface area contributed by atoms with Crippen LogP contribution in [0, 0.1) is 5.92 Å². The lowest BCUT2D eigenvalue weighted by Crippen LogP contribution is -2.49. The van der Waals surface area contributed by atoms with Crippen LogP contribution >= 0.6 is 0 Å². The Kier molecular flexibility index (Phi) is 9.56. The standard InChI is InChI=1S/C13H21N3O7/c1-21-11(19)4-5-13(23-3,8-15-16-14)9(10(18)7-17)6-12(20)22-2/h9,17H,4-8H2,1-3H3/t9-,13+/m0/s1. The van der Waals surface area contributed by atoms with Crippen molar-refractivity contribution in [1.29, 1.82) is 0 Å². The number of hydrogen-bond donors (Lipinski definition) is 1. The Morgan fingerprint density at radius 2 is 1.83 bits per heavy atom. The number of nitrogens with zero attached hydrogens (tertiary/aromatic N) is 3. The van der Waals surface area contributed by atoms with Gasteiger partial charge in [-0.25, -0.2) is 0 Å². The zero-order chi connectivity index (χ0) is 17.9. The van der Waals surface area contributed by atoms with Crippen LogP contribution in [0.25, 0.3) is 10.4 Å². The molecular formula is C13H21N3O7. The molecule has 1 N–H and O–H groups in total. The molecule has 23 heavy (non-hydrogen) atoms. The Bertz CT molecular complexity index is 476. The van der Waals surface area contributed by atoms with Crippen LogP contribution in [0.2, 0.25) is 0 Å². The third kappa shape index (κ3) is 6.23. The highest BCUT2D eigenvalue weighted by molar-refractivity contribution is 5.87. The highest BCUT2D eigenvalue weighted by Crippen LogP contribution is 2.32. The molecular weight excluding hydrogens is 310 g/mol. The second kappa shape index (κ2) is 10.5. The molecule has 0 spiro atoms. The minimum atomic E-state index is -1.44. The number of aliphatic hydroxyl groups is 1. The van der Waals surface area contributed by atoms with Gasteiger partial charge in [-0.15, -0.1) is 0 Å². The van der Waals surface area contributed by atoms with Crippen molar-refractivity contribution in [2.24, 2.45) is 11.0 Å². The average molecular weight is 331 g/mol. The van der Waals surface area contributed by atoms with Gasteiger partial charge in [0.05, 0.1) is 38.7 Å². The normalized spacial score (nSPS) is 14.1. The van der Waals surface area contributed by atoms with E-state index in [0.29, 0.717) is 0 Å². The smallest absolute Gasteiger partial charge is 0.306 e. The summed E-state index contributed by atoms with van der Waals surface area (Å²) in [6, 6.07) is 0. The van der Waals surface area contributed by atoms with Gasteiger partial charge in [0, 0.05) is 18.4 Å². The van der Waals surface area contributed by atoms with Crippen LogP contribution in [0.5, 0.6) is 0 Å². The maximum atomic E-state index is 12.1. The highest BCUT2D eigenvalue weighted by Gasteiger charge is 2.44. The first-order valence-electron chi connectivity index (χ1n) is 6.74. The summed E-state index contributed by atoms with van der Waals surface area (Å²) in [7, 11) is 3.62. The fourth-order valence-electron chi connectivity index (χ4n) is 2.19. The second-order valence-corrected chi connectivity index (χ2v) is 4.69. The first-order valence-corrected chi connectivity index (χ1v) is 6.74. The molecule has 0 bridgehead atoms. The summed E-state index contributed by atoms with van der Waals surface area (Å²) in [5.74, 6) is -3.08. The van der Waals surface area contributed by atoms with E-state index in [1.807, 2.05) is 0 Å². The minimum Gasteiger partial charge on any atom is -0.469 e. The predicted molar refractivity (Wildman–Crippen MR) is 77.2 cm³/mol. The van der Waals surface area contributed by atoms with E-state index in [9.17, 15) is 14.4 Å². The molecule has 0 amide bonds. The van der Waals surface area contributed by atoms with Crippen LogP contribution in [-0.2, 0) is 28.6 Å². The van der Waals surface area contributed by atoms with Crippen molar-refractivity contribution in [2.75, 3.05) is 34.5 Å². The average Bonchev–Trinajstić information content (AvgIpc) is 2.59. The number of azide groups is 1. The molecule has 0 aromatic heterocycles. The van der Waals surface area contributed by atoms with E-state index in [4.69, 9.17) is 15.4 Å². The highest BCUT2D eigenvalue weighted by atomic mass is 16.5. The SMILES string of the molecule is COC(=O)CC[C@](CN=[N+]=[N-])(OC)[C@@H](CC(=O)OC)C(=O)CO. The summed E-state index contributed by atoms with van der Waals surface area (Å²) in [4.78, 5) is 37.6. The van der Waals surface area contributed by atoms with Gasteiger partial charge >= 0.3 is 11.9 Å². The van der Waals surface area contributed by atoms with Gasteiger partial charge in [-0.2, -0.15) is 0 Å². The Labute approximate surface area is 133 Å². The predicted octanol–water partition coefficient (Wildman–Crippen LogP) is 0.376. The monoisotopic (exact) mass is 331 g/mol. The Morgan fingerprint density at radius 1 is 1.22 bits per heavy atom. The van der Waals surface area contributed by atoms with Crippen molar-refractivity contribution in [2.45, 2.75) is 24.9 Å². The Balaban J connectivity index is 5.65. The van der Waals surface area contributed by atoms with Gasteiger partial charge < -0.3 is 19.3 Å². The van der Waals surface area contributed by atoms with Gasteiger partial charge in [0.15, 0.2) is 5.78 Å². The van der Waals surface area contributed by atoms with Crippen molar-refractivity contribution >= 4 is 17.7 Å². The zero-order valence-electron chi connectivity index (χ0n) is 13.4. The number of rotatable bonds is 11. The second-order valence-electron chi connectivity index (χ2n) is 4.69. The maximum Gasteiger partial charge on any atom is 0.306 e. The molecule has 0 aromatic rings. The molecule has 2 atom stereocenters. The van der Waals surface area contributed by atoms with Crippen LogP contribution in [0.4, 0.5) is 0 Å². The van der Waals surface area contributed by atoms with E-state index in [1.165, 1.54) is 14.2 Å². The molecule has 10 heteroatoms. The number of Topliss-reactive ketones (excluding diaryl/α,β-unsaturated/α-hetero) is 1. The lowest BCUT2D eigenvalue weighted by atomic mass is 9.78. The number of carbonyl (C=O) groups is 3. The van der Waals surface area contributed by atoms with Crippen LogP contribution in [0.1, 0.15) is 19.3 Å². The number of esters is 2. The number of carbonyl (C=O) groups excluding carboxylic acids is 3. The van der Waals surface area contributed by atoms with E-state index in [0.717, 1.165) is 7.11 Å². The lowest BCUT2D eigenvalue weighted by Gasteiger charge is -2.37. The lowest BCUT2D eigenvalue weighted by molar-refractivity contribution is -0.155. The Morgan fingerprint density at radius 3 is 2.26 bits per heavy atom. The van der Waals surface area contributed by atoms with E-state index in [1.54, 1.807) is 0 Å². The molecule has 0 unspecified atom stereocenters. The molecule has 0 aromatic carbocycles. The summed E-state index contributed by atoms with van der Waals surface area (Å²) in [5, 5.41) is 12.6. The molecule has 0 saturated carbocycles. The number of ketones is 1. The summed E-state index contributed by atoms with van der Waals surface area (Å²) >= 11 is 0. The van der Waals surface area contributed by atoms with E-state index < -0.39 is 35.8 Å². The summed E-state index contributed by atoms with van der Waals surface area (Å²) in [6.45, 7) is -1.13. The van der Waals surface area contributed by atoms with Crippen molar-refractivity contribution in [3.05, 3.63) is 10.4 Å². The topological polar surface area (TPSA) is 148 Å². The summed E-state index contributed by atoms with van der Waals surface area (Å²) < 4.78 is 14.4. The Hall–Kier alpha value is -2.16. The molecule has 10 nitrogen and oxygen atoms in total. The summed E-state index contributed by atoms with van der Waals surface area (Å²) in [5.41, 5.74) is 7.10. The molecule has 0 rings (SSSR count). The van der Waals surface area contributed by atoms with E-state index in [2.05, 4.69) is 19.5 Å². The molecule has 130 valence electrons. The van der Waals surface area contributed by atoms with Gasteiger partial charge in [-0.05, 0) is 12.0 Å². The van der Waals surface area contributed by atoms with Crippen molar-refractivity contribution in [3.8, 4) is 0 Å². The van der Waals surface area contributed by atoms with Gasteiger partial charge in [0.2, 0.25) is 0 Å². The molecule has 0 saturated heterocycles. The number of methoxy groups -OCH3 is 3. The zero-order valence-corrected chi connectivity index (χ0v) is 13.4. The largest absolute Gasteiger partial charge is 0.469 e. The van der Waals surface area contributed by atoms with Crippen molar-refractivity contribution < 1.29 is 33.7 Å². The van der Waals surface area contributed by atoms with Crippen LogP contribution in [0.15, 0.2) is 5.11 Å². The quantitative estimate of drug-likeness (QED) is 0.249. The fraction of sp³-hybridized carbons (Fsp3) is 0.769. The fourth-order valence-corrected chi connectivity index (χ4v) is 2.19. The van der Waals surface area contributed by atoms with Gasteiger partial charge in [-0.3, -0.25) is 14.4 Å².